The fraction of sp³-hybridized carbons (Fsp3) is 0.571. The number of anilines is 1. The Kier molecular flexibility index (Phi) is 4.62. The summed E-state index contributed by atoms with van der Waals surface area (Å²) in [6.45, 7) is 3.18. The molecule has 6 heteroatoms. The highest BCUT2D eigenvalue weighted by molar-refractivity contribution is 7.89. The zero-order valence-electron chi connectivity index (χ0n) is 12.1. The van der Waals surface area contributed by atoms with Gasteiger partial charge in [0, 0.05) is 38.2 Å². The summed E-state index contributed by atoms with van der Waals surface area (Å²) in [5, 5.41) is 0. The number of sulfonamides is 1. The maximum Gasteiger partial charge on any atom is 0.242 e. The number of alkyl halides is 1. The van der Waals surface area contributed by atoms with E-state index in [1.807, 2.05) is 12.1 Å². The fourth-order valence-corrected chi connectivity index (χ4v) is 3.96. The zero-order chi connectivity index (χ0) is 14.9. The Morgan fingerprint density at radius 3 is 2.40 bits per heavy atom. The van der Waals surface area contributed by atoms with Crippen LogP contribution in [0.3, 0.4) is 0 Å². The number of benzene rings is 1. The predicted molar refractivity (Wildman–Crippen MR) is 82.9 cm³/mol. The molecule has 1 aliphatic rings. The van der Waals surface area contributed by atoms with E-state index >= 15 is 0 Å². The van der Waals surface area contributed by atoms with E-state index in [0.29, 0.717) is 22.7 Å². The molecule has 1 aromatic rings. The molecule has 0 aliphatic carbocycles. The molecule has 1 saturated heterocycles. The number of nitrogens with zero attached hydrogens (tertiary/aromatic N) is 2. The van der Waals surface area contributed by atoms with E-state index in [4.69, 9.17) is 11.6 Å². The molecule has 112 valence electrons. The molecule has 4 nitrogen and oxygen atoms in total. The van der Waals surface area contributed by atoms with E-state index in [9.17, 15) is 8.42 Å². The van der Waals surface area contributed by atoms with Gasteiger partial charge in [-0.05, 0) is 36.6 Å². The highest BCUT2D eigenvalue weighted by atomic mass is 35.5. The summed E-state index contributed by atoms with van der Waals surface area (Å²) in [4.78, 5) is 2.59. The largest absolute Gasteiger partial charge is 0.367 e. The van der Waals surface area contributed by atoms with Crippen molar-refractivity contribution in [1.82, 2.24) is 4.31 Å². The van der Waals surface area contributed by atoms with Gasteiger partial charge in [-0.1, -0.05) is 6.92 Å². The minimum atomic E-state index is -3.36. The summed E-state index contributed by atoms with van der Waals surface area (Å²) in [5.41, 5.74) is 1.04. The summed E-state index contributed by atoms with van der Waals surface area (Å²) in [7, 11) is -0.285. The molecule has 2 rings (SSSR count). The van der Waals surface area contributed by atoms with Crippen LogP contribution in [0.5, 0.6) is 0 Å². The SMILES string of the molecule is CC1CCN(c2ccc(S(=O)(=O)N(C)C)cc2)C1CCl. The second-order valence-electron chi connectivity index (χ2n) is 5.46. The standard InChI is InChI=1S/C14H21ClN2O2S/c1-11-8-9-17(14(11)10-15)12-4-6-13(7-5-12)20(18,19)16(2)3/h4-7,11,14H,8-10H2,1-3H3. The molecular formula is C14H21ClN2O2S. The summed E-state index contributed by atoms with van der Waals surface area (Å²) in [6.07, 6.45) is 1.12. The van der Waals surface area contributed by atoms with E-state index < -0.39 is 10.0 Å². The van der Waals surface area contributed by atoms with Gasteiger partial charge < -0.3 is 4.90 Å². The lowest BCUT2D eigenvalue weighted by atomic mass is 10.0. The summed E-state index contributed by atoms with van der Waals surface area (Å²) < 4.78 is 25.3. The van der Waals surface area contributed by atoms with Crippen molar-refractivity contribution in [3.05, 3.63) is 24.3 Å². The van der Waals surface area contributed by atoms with Gasteiger partial charge in [0.05, 0.1) is 4.90 Å². The average Bonchev–Trinajstić information content (AvgIpc) is 2.79. The maximum atomic E-state index is 12.0. The first-order chi connectivity index (χ1) is 9.37. The molecule has 1 heterocycles. The van der Waals surface area contributed by atoms with Crippen LogP contribution in [0.25, 0.3) is 0 Å². The molecule has 0 radical (unpaired) electrons. The van der Waals surface area contributed by atoms with Crippen LogP contribution in [0.2, 0.25) is 0 Å². The summed E-state index contributed by atoms with van der Waals surface area (Å²) in [6, 6.07) is 7.40. The minimum Gasteiger partial charge on any atom is -0.367 e. The van der Waals surface area contributed by atoms with Crippen LogP contribution in [0.15, 0.2) is 29.2 Å². The molecule has 0 saturated carbocycles. The van der Waals surface area contributed by atoms with E-state index in [-0.39, 0.29) is 0 Å². The molecule has 20 heavy (non-hydrogen) atoms. The highest BCUT2D eigenvalue weighted by Gasteiger charge is 2.30. The Balaban J connectivity index is 2.25. The Bertz CT molecular complexity index is 557. The second-order valence-corrected chi connectivity index (χ2v) is 7.92. The van der Waals surface area contributed by atoms with Crippen molar-refractivity contribution in [2.45, 2.75) is 24.3 Å². The van der Waals surface area contributed by atoms with E-state index in [0.717, 1.165) is 18.7 Å². The lowest BCUT2D eigenvalue weighted by molar-refractivity contribution is 0.520. The molecule has 0 amide bonds. The zero-order valence-corrected chi connectivity index (χ0v) is 13.7. The monoisotopic (exact) mass is 316 g/mol. The van der Waals surface area contributed by atoms with Gasteiger partial charge in [0.2, 0.25) is 10.0 Å². The van der Waals surface area contributed by atoms with Crippen LogP contribution in [0.1, 0.15) is 13.3 Å². The maximum absolute atomic E-state index is 12.0. The minimum absolute atomic E-state index is 0.320. The second kappa shape index (κ2) is 5.92. The molecule has 0 spiro atoms. The predicted octanol–water partition coefficient (Wildman–Crippen LogP) is 2.39. The average molecular weight is 317 g/mol. The first kappa shape index (κ1) is 15.6. The molecule has 1 aromatic carbocycles. The van der Waals surface area contributed by atoms with Gasteiger partial charge in [-0.15, -0.1) is 11.6 Å². The smallest absolute Gasteiger partial charge is 0.242 e. The van der Waals surface area contributed by atoms with E-state index in [1.54, 1.807) is 12.1 Å². The number of rotatable bonds is 4. The Morgan fingerprint density at radius 2 is 1.90 bits per heavy atom. The van der Waals surface area contributed by atoms with Crippen molar-refractivity contribution >= 4 is 27.3 Å². The topological polar surface area (TPSA) is 40.6 Å². The number of hydrogen-bond acceptors (Lipinski definition) is 3. The van der Waals surface area contributed by atoms with Gasteiger partial charge in [-0.3, -0.25) is 0 Å². The lowest BCUT2D eigenvalue weighted by Gasteiger charge is -2.27. The van der Waals surface area contributed by atoms with E-state index in [2.05, 4.69) is 11.8 Å². The van der Waals surface area contributed by atoms with Crippen LogP contribution in [0.4, 0.5) is 5.69 Å². The van der Waals surface area contributed by atoms with E-state index in [1.165, 1.54) is 18.4 Å². The van der Waals surface area contributed by atoms with Crippen molar-refractivity contribution in [1.29, 1.82) is 0 Å². The van der Waals surface area contributed by atoms with Crippen molar-refractivity contribution in [3.63, 3.8) is 0 Å². The third kappa shape index (κ3) is 2.80. The molecule has 2 unspecified atom stereocenters. The normalized spacial score (nSPS) is 23.6. The number of halogens is 1. The molecule has 0 aromatic heterocycles. The van der Waals surface area contributed by atoms with Crippen LogP contribution in [-0.2, 0) is 10.0 Å². The van der Waals surface area contributed by atoms with Crippen LogP contribution in [0, 0.1) is 5.92 Å². The van der Waals surface area contributed by atoms with Crippen LogP contribution in [-0.4, -0.2) is 45.3 Å². The third-order valence-corrected chi connectivity index (χ3v) is 6.13. The molecule has 0 N–H and O–H groups in total. The van der Waals surface area contributed by atoms with Gasteiger partial charge in [-0.2, -0.15) is 0 Å². The lowest BCUT2D eigenvalue weighted by Crippen LogP contribution is -2.33. The Hall–Kier alpha value is -0.780. The van der Waals surface area contributed by atoms with Crippen LogP contribution < -0.4 is 4.90 Å². The number of hydrogen-bond donors (Lipinski definition) is 0. The fourth-order valence-electron chi connectivity index (χ4n) is 2.58. The van der Waals surface area contributed by atoms with Gasteiger partial charge in [0.25, 0.3) is 0 Å². The van der Waals surface area contributed by atoms with Gasteiger partial charge in [0.1, 0.15) is 0 Å². The van der Waals surface area contributed by atoms with Crippen molar-refractivity contribution < 1.29 is 8.42 Å². The Morgan fingerprint density at radius 1 is 1.30 bits per heavy atom. The third-order valence-electron chi connectivity index (χ3n) is 3.99. The summed E-state index contributed by atoms with van der Waals surface area (Å²) in [5.74, 6) is 1.16. The summed E-state index contributed by atoms with van der Waals surface area (Å²) >= 11 is 6.05. The van der Waals surface area contributed by atoms with Crippen molar-refractivity contribution in [2.24, 2.45) is 5.92 Å². The van der Waals surface area contributed by atoms with Crippen molar-refractivity contribution in [3.8, 4) is 0 Å². The first-order valence-electron chi connectivity index (χ1n) is 6.73. The molecule has 1 aliphatic heterocycles. The molecule has 0 bridgehead atoms. The van der Waals surface area contributed by atoms with Gasteiger partial charge in [0.15, 0.2) is 0 Å². The first-order valence-corrected chi connectivity index (χ1v) is 8.70. The quantitative estimate of drug-likeness (QED) is 0.801. The van der Waals surface area contributed by atoms with Crippen molar-refractivity contribution in [2.75, 3.05) is 31.4 Å². The van der Waals surface area contributed by atoms with Gasteiger partial charge >= 0.3 is 0 Å². The highest BCUT2D eigenvalue weighted by Crippen LogP contribution is 2.31. The molecule has 1 fully saturated rings. The van der Waals surface area contributed by atoms with Gasteiger partial charge in [-0.25, -0.2) is 12.7 Å². The molecule has 2 atom stereocenters. The molecular weight excluding hydrogens is 296 g/mol. The van der Waals surface area contributed by atoms with Crippen LogP contribution >= 0.6 is 11.6 Å². The Labute approximate surface area is 126 Å².